The van der Waals surface area contributed by atoms with Crippen LogP contribution in [0.3, 0.4) is 0 Å². The molecule has 0 radical (unpaired) electrons. The number of methoxy groups -OCH3 is 1. The van der Waals surface area contributed by atoms with E-state index in [1.165, 1.54) is 0 Å². The summed E-state index contributed by atoms with van der Waals surface area (Å²) in [5.41, 5.74) is 2.07. The van der Waals surface area contributed by atoms with Crippen LogP contribution in [0.4, 0.5) is 0 Å². The Morgan fingerprint density at radius 3 is 2.78 bits per heavy atom. The van der Waals surface area contributed by atoms with Gasteiger partial charge in [-0.3, -0.25) is 4.79 Å². The third kappa shape index (κ3) is 6.74. The maximum Gasteiger partial charge on any atom is 0.241 e. The first-order valence-corrected chi connectivity index (χ1v) is 8.98. The second-order valence-corrected chi connectivity index (χ2v) is 6.00. The zero-order valence-corrected chi connectivity index (χ0v) is 16.2. The summed E-state index contributed by atoms with van der Waals surface area (Å²) in [5.74, 6) is 0.541. The molecule has 0 atom stereocenters. The van der Waals surface area contributed by atoms with E-state index in [0.717, 1.165) is 17.8 Å². The van der Waals surface area contributed by atoms with Gasteiger partial charge in [0.15, 0.2) is 5.96 Å². The van der Waals surface area contributed by atoms with Crippen LogP contribution in [0.2, 0.25) is 0 Å². The Morgan fingerprint density at radius 1 is 1.30 bits per heavy atom. The number of nitrogens with one attached hydrogen (secondary N) is 2. The van der Waals surface area contributed by atoms with Gasteiger partial charge in [0, 0.05) is 45.6 Å². The average molecular weight is 372 g/mol. The van der Waals surface area contributed by atoms with Crippen LogP contribution in [0.15, 0.2) is 47.7 Å². The van der Waals surface area contributed by atoms with Crippen LogP contribution in [0.25, 0.3) is 5.69 Å². The highest BCUT2D eigenvalue weighted by atomic mass is 16.5. The predicted molar refractivity (Wildman–Crippen MR) is 106 cm³/mol. The van der Waals surface area contributed by atoms with E-state index in [2.05, 4.69) is 20.7 Å². The average Bonchev–Trinajstić information content (AvgIpc) is 3.14. The monoisotopic (exact) mass is 372 g/mol. The minimum absolute atomic E-state index is 0.0691. The van der Waals surface area contributed by atoms with Crippen molar-refractivity contribution in [1.82, 2.24) is 25.3 Å². The van der Waals surface area contributed by atoms with Gasteiger partial charge in [-0.15, -0.1) is 0 Å². The molecule has 0 saturated heterocycles. The maximum atomic E-state index is 11.8. The minimum atomic E-state index is -0.132. The number of para-hydroxylation sites is 1. The lowest BCUT2D eigenvalue weighted by molar-refractivity contribution is -0.119. The molecule has 1 amide bonds. The number of ether oxygens (including phenoxy) is 1. The summed E-state index contributed by atoms with van der Waals surface area (Å²) in [4.78, 5) is 18.2. The minimum Gasteiger partial charge on any atom is -0.383 e. The van der Waals surface area contributed by atoms with Crippen molar-refractivity contribution in [1.29, 1.82) is 0 Å². The predicted octanol–water partition coefficient (Wildman–Crippen LogP) is 1.03. The molecule has 2 rings (SSSR count). The summed E-state index contributed by atoms with van der Waals surface area (Å²) in [6.45, 7) is 4.38. The highest BCUT2D eigenvalue weighted by Gasteiger charge is 2.10. The van der Waals surface area contributed by atoms with Crippen LogP contribution in [-0.4, -0.2) is 66.9 Å². The molecule has 1 heterocycles. The Bertz CT molecular complexity index is 729. The Morgan fingerprint density at radius 2 is 2.07 bits per heavy atom. The van der Waals surface area contributed by atoms with E-state index in [1.807, 2.05) is 66.3 Å². The number of guanidine groups is 1. The van der Waals surface area contributed by atoms with Crippen molar-refractivity contribution < 1.29 is 9.53 Å². The third-order valence-corrected chi connectivity index (χ3v) is 3.77. The summed E-state index contributed by atoms with van der Waals surface area (Å²) in [6.07, 6.45) is 3.83. The number of hydrogen-bond acceptors (Lipinski definition) is 4. The molecule has 1 aromatic heterocycles. The molecule has 0 aliphatic rings. The summed E-state index contributed by atoms with van der Waals surface area (Å²) in [6, 6.07) is 9.96. The van der Waals surface area contributed by atoms with Gasteiger partial charge in [0.1, 0.15) is 6.54 Å². The molecule has 2 aromatic rings. The molecule has 0 saturated carbocycles. The number of aliphatic imine (C=N–C) groups is 1. The van der Waals surface area contributed by atoms with Gasteiger partial charge < -0.3 is 20.3 Å². The summed E-state index contributed by atoms with van der Waals surface area (Å²) >= 11 is 0. The highest BCUT2D eigenvalue weighted by Crippen LogP contribution is 2.09. The van der Waals surface area contributed by atoms with Crippen molar-refractivity contribution in [2.75, 3.05) is 40.4 Å². The van der Waals surface area contributed by atoms with Gasteiger partial charge in [-0.05, 0) is 19.1 Å². The van der Waals surface area contributed by atoms with Gasteiger partial charge in [0.2, 0.25) is 5.91 Å². The van der Waals surface area contributed by atoms with E-state index in [9.17, 15) is 4.79 Å². The van der Waals surface area contributed by atoms with Crippen LogP contribution in [0.1, 0.15) is 12.5 Å². The number of benzene rings is 1. The first kappa shape index (κ1) is 20.4. The lowest BCUT2D eigenvalue weighted by Crippen LogP contribution is -2.39. The highest BCUT2D eigenvalue weighted by molar-refractivity contribution is 5.84. The Kier molecular flexibility index (Phi) is 8.31. The second-order valence-electron chi connectivity index (χ2n) is 6.00. The van der Waals surface area contributed by atoms with Gasteiger partial charge in [-0.1, -0.05) is 18.2 Å². The molecule has 0 fully saturated rings. The molecule has 8 nitrogen and oxygen atoms in total. The molecule has 0 spiro atoms. The number of hydrogen-bond donors (Lipinski definition) is 2. The first-order chi connectivity index (χ1) is 13.1. The van der Waals surface area contributed by atoms with Gasteiger partial charge in [-0.2, -0.15) is 5.10 Å². The number of amides is 1. The molecule has 0 bridgehead atoms. The lowest BCUT2D eigenvalue weighted by Gasteiger charge is -2.21. The summed E-state index contributed by atoms with van der Waals surface area (Å²) in [7, 11) is 3.53. The van der Waals surface area contributed by atoms with Crippen LogP contribution in [-0.2, 0) is 16.1 Å². The topological polar surface area (TPSA) is 83.8 Å². The van der Waals surface area contributed by atoms with Gasteiger partial charge in [0.05, 0.1) is 18.5 Å². The molecule has 8 heteroatoms. The molecular weight excluding hydrogens is 344 g/mol. The molecule has 2 N–H and O–H groups in total. The Hall–Kier alpha value is -2.87. The fourth-order valence-corrected chi connectivity index (χ4v) is 2.48. The smallest absolute Gasteiger partial charge is 0.241 e. The Labute approximate surface area is 160 Å². The second kappa shape index (κ2) is 11.0. The van der Waals surface area contributed by atoms with Crippen molar-refractivity contribution in [3.05, 3.63) is 48.3 Å². The van der Waals surface area contributed by atoms with Crippen LogP contribution >= 0.6 is 0 Å². The first-order valence-electron chi connectivity index (χ1n) is 8.98. The van der Waals surface area contributed by atoms with Crippen molar-refractivity contribution in [3.8, 4) is 5.69 Å². The Balaban J connectivity index is 1.96. The van der Waals surface area contributed by atoms with Crippen LogP contribution in [0.5, 0.6) is 0 Å². The quantitative estimate of drug-likeness (QED) is 0.390. The summed E-state index contributed by atoms with van der Waals surface area (Å²) < 4.78 is 6.76. The van der Waals surface area contributed by atoms with E-state index in [1.54, 1.807) is 7.11 Å². The van der Waals surface area contributed by atoms with E-state index < -0.39 is 0 Å². The van der Waals surface area contributed by atoms with Crippen molar-refractivity contribution in [3.63, 3.8) is 0 Å². The molecule has 0 unspecified atom stereocenters. The third-order valence-electron chi connectivity index (χ3n) is 3.77. The molecule has 27 heavy (non-hydrogen) atoms. The van der Waals surface area contributed by atoms with Crippen LogP contribution < -0.4 is 10.6 Å². The van der Waals surface area contributed by atoms with Crippen molar-refractivity contribution in [2.45, 2.75) is 13.5 Å². The number of rotatable bonds is 9. The van der Waals surface area contributed by atoms with Crippen molar-refractivity contribution in [2.24, 2.45) is 4.99 Å². The molecule has 0 aliphatic heterocycles. The van der Waals surface area contributed by atoms with Gasteiger partial charge in [0.25, 0.3) is 0 Å². The number of nitrogens with zero attached hydrogens (tertiary/aromatic N) is 4. The number of aromatic nitrogens is 2. The molecule has 146 valence electrons. The van der Waals surface area contributed by atoms with Crippen molar-refractivity contribution >= 4 is 11.9 Å². The SMILES string of the molecule is CCNC(=NCC(=O)NCCOC)N(C)Cc1cnn(-c2ccccc2)c1. The standard InChI is InChI=1S/C19H28N6O2/c1-4-20-19(22-13-18(26)21-10-11-27-3)24(2)14-16-12-23-25(15-16)17-8-6-5-7-9-17/h5-9,12,15H,4,10-11,13-14H2,1-3H3,(H,20,22)(H,21,26). The number of carbonyl (C=O) groups excluding carboxylic acids is 1. The molecule has 1 aromatic carbocycles. The summed E-state index contributed by atoms with van der Waals surface area (Å²) in [5, 5.41) is 10.4. The zero-order valence-electron chi connectivity index (χ0n) is 16.2. The molecular formula is C19H28N6O2. The van der Waals surface area contributed by atoms with Gasteiger partial charge in [-0.25, -0.2) is 9.67 Å². The zero-order chi connectivity index (χ0) is 19.5. The van der Waals surface area contributed by atoms with E-state index in [-0.39, 0.29) is 12.5 Å². The van der Waals surface area contributed by atoms with E-state index in [4.69, 9.17) is 4.74 Å². The fraction of sp³-hybridized carbons (Fsp3) is 0.421. The maximum absolute atomic E-state index is 11.8. The fourth-order valence-electron chi connectivity index (χ4n) is 2.48. The lowest BCUT2D eigenvalue weighted by atomic mass is 10.3. The van der Waals surface area contributed by atoms with Crippen LogP contribution in [0, 0.1) is 0 Å². The normalized spacial score (nSPS) is 11.3. The van der Waals surface area contributed by atoms with E-state index in [0.29, 0.717) is 25.7 Å². The molecule has 0 aliphatic carbocycles. The van der Waals surface area contributed by atoms with Gasteiger partial charge >= 0.3 is 0 Å². The number of carbonyl (C=O) groups is 1. The van der Waals surface area contributed by atoms with E-state index >= 15 is 0 Å². The largest absolute Gasteiger partial charge is 0.383 e.